The quantitative estimate of drug-likeness (QED) is 0.849. The van der Waals surface area contributed by atoms with Crippen LogP contribution in [0.15, 0.2) is 48.8 Å². The number of hydrogen-bond donors (Lipinski definition) is 0. The molecule has 0 unspecified atom stereocenters. The maximum absolute atomic E-state index is 12.6. The first-order chi connectivity index (χ1) is 11.7. The minimum absolute atomic E-state index is 0.208. The van der Waals surface area contributed by atoms with Crippen LogP contribution in [0.1, 0.15) is 24.0 Å². The van der Waals surface area contributed by atoms with E-state index in [9.17, 15) is 4.79 Å². The number of hydrogen-bond acceptors (Lipinski definition) is 3. The van der Waals surface area contributed by atoms with Gasteiger partial charge in [0.15, 0.2) is 0 Å². The Morgan fingerprint density at radius 2 is 2.17 bits per heavy atom. The highest BCUT2D eigenvalue weighted by Gasteiger charge is 2.23. The second-order valence-electron chi connectivity index (χ2n) is 6.44. The molecular formula is C20H24N2O2. The fourth-order valence-corrected chi connectivity index (χ4v) is 3.38. The standard InChI is InChI=1S/C20H24N2O2/c1-24-19-8-2-5-16(12-19)13-20(23)22-10-4-7-18(15-22)11-17-6-3-9-21-14-17/h2-3,5-6,8-9,12,14,18H,4,7,10-11,13,15H2,1H3/t18-/m0/s1. The highest BCUT2D eigenvalue weighted by atomic mass is 16.5. The van der Waals surface area contributed by atoms with Crippen LogP contribution in [0.4, 0.5) is 0 Å². The van der Waals surface area contributed by atoms with Gasteiger partial charge in [0.05, 0.1) is 13.5 Å². The minimum atomic E-state index is 0.208. The van der Waals surface area contributed by atoms with Crippen LogP contribution in [0.2, 0.25) is 0 Å². The number of ether oxygens (including phenoxy) is 1. The Kier molecular flexibility index (Phi) is 5.47. The summed E-state index contributed by atoms with van der Waals surface area (Å²) in [6, 6.07) is 11.8. The number of rotatable bonds is 5. The van der Waals surface area contributed by atoms with Crippen molar-refractivity contribution in [3.05, 3.63) is 59.9 Å². The zero-order chi connectivity index (χ0) is 16.8. The van der Waals surface area contributed by atoms with Crippen LogP contribution in [-0.2, 0) is 17.6 Å². The van der Waals surface area contributed by atoms with Gasteiger partial charge in [-0.2, -0.15) is 0 Å². The molecule has 0 N–H and O–H groups in total. The molecule has 1 aliphatic rings. The van der Waals surface area contributed by atoms with E-state index >= 15 is 0 Å². The number of nitrogens with zero attached hydrogens (tertiary/aromatic N) is 2. The first-order valence-corrected chi connectivity index (χ1v) is 8.54. The van der Waals surface area contributed by atoms with Crippen LogP contribution in [-0.4, -0.2) is 36.0 Å². The van der Waals surface area contributed by atoms with Crippen LogP contribution < -0.4 is 4.74 Å². The Morgan fingerprint density at radius 1 is 1.29 bits per heavy atom. The zero-order valence-corrected chi connectivity index (χ0v) is 14.1. The first-order valence-electron chi connectivity index (χ1n) is 8.54. The van der Waals surface area contributed by atoms with Crippen LogP contribution in [0.25, 0.3) is 0 Å². The molecule has 0 radical (unpaired) electrons. The van der Waals surface area contributed by atoms with Gasteiger partial charge in [0.25, 0.3) is 0 Å². The number of methoxy groups -OCH3 is 1. The molecule has 1 aliphatic heterocycles. The molecule has 1 atom stereocenters. The van der Waals surface area contributed by atoms with Gasteiger partial charge in [-0.25, -0.2) is 0 Å². The second kappa shape index (κ2) is 7.95. The molecule has 2 aromatic rings. The molecule has 1 amide bonds. The van der Waals surface area contributed by atoms with Gasteiger partial charge >= 0.3 is 0 Å². The molecule has 126 valence electrons. The van der Waals surface area contributed by atoms with Crippen LogP contribution in [0.5, 0.6) is 5.75 Å². The molecule has 1 aromatic carbocycles. The van der Waals surface area contributed by atoms with E-state index in [1.807, 2.05) is 41.4 Å². The van der Waals surface area contributed by atoms with Gasteiger partial charge in [-0.15, -0.1) is 0 Å². The molecule has 0 bridgehead atoms. The number of likely N-dealkylation sites (tertiary alicyclic amines) is 1. The minimum Gasteiger partial charge on any atom is -0.497 e. The van der Waals surface area contributed by atoms with Crippen molar-refractivity contribution >= 4 is 5.91 Å². The summed E-state index contributed by atoms with van der Waals surface area (Å²) in [6.45, 7) is 1.71. The molecular weight excluding hydrogens is 300 g/mol. The molecule has 24 heavy (non-hydrogen) atoms. The zero-order valence-electron chi connectivity index (χ0n) is 14.1. The van der Waals surface area contributed by atoms with Gasteiger partial charge in [-0.05, 0) is 54.5 Å². The lowest BCUT2D eigenvalue weighted by molar-refractivity contribution is -0.132. The van der Waals surface area contributed by atoms with Crippen molar-refractivity contribution in [2.24, 2.45) is 5.92 Å². The van der Waals surface area contributed by atoms with Crippen molar-refractivity contribution < 1.29 is 9.53 Å². The van der Waals surface area contributed by atoms with E-state index in [0.29, 0.717) is 12.3 Å². The van der Waals surface area contributed by atoms with E-state index in [-0.39, 0.29) is 5.91 Å². The first kappa shape index (κ1) is 16.5. The van der Waals surface area contributed by atoms with Gasteiger partial charge in [-0.1, -0.05) is 18.2 Å². The summed E-state index contributed by atoms with van der Waals surface area (Å²) >= 11 is 0. The topological polar surface area (TPSA) is 42.4 Å². The van der Waals surface area contributed by atoms with Crippen molar-refractivity contribution in [1.82, 2.24) is 9.88 Å². The van der Waals surface area contributed by atoms with Crippen LogP contribution in [0, 0.1) is 5.92 Å². The molecule has 0 saturated carbocycles. The predicted molar refractivity (Wildman–Crippen MR) is 93.9 cm³/mol. The molecule has 0 aliphatic carbocycles. The third-order valence-corrected chi connectivity index (χ3v) is 4.61. The number of carbonyl (C=O) groups excluding carboxylic acids is 1. The third kappa shape index (κ3) is 4.34. The van der Waals surface area contributed by atoms with E-state index in [1.165, 1.54) is 12.0 Å². The van der Waals surface area contributed by atoms with E-state index in [2.05, 4.69) is 11.1 Å². The van der Waals surface area contributed by atoms with E-state index in [0.717, 1.165) is 37.2 Å². The summed E-state index contributed by atoms with van der Waals surface area (Å²) in [5, 5.41) is 0. The summed E-state index contributed by atoms with van der Waals surface area (Å²) in [7, 11) is 1.65. The maximum Gasteiger partial charge on any atom is 0.227 e. The molecule has 1 aromatic heterocycles. The van der Waals surface area contributed by atoms with Crippen molar-refractivity contribution in [2.45, 2.75) is 25.7 Å². The van der Waals surface area contributed by atoms with Crippen molar-refractivity contribution in [3.63, 3.8) is 0 Å². The van der Waals surface area contributed by atoms with Gasteiger partial charge in [0.1, 0.15) is 5.75 Å². The van der Waals surface area contributed by atoms with Gasteiger partial charge in [0.2, 0.25) is 5.91 Å². The summed E-state index contributed by atoms with van der Waals surface area (Å²) in [5.41, 5.74) is 2.26. The Bertz CT molecular complexity index is 672. The fraction of sp³-hybridized carbons (Fsp3) is 0.400. The Labute approximate surface area is 143 Å². The number of benzene rings is 1. The molecule has 2 heterocycles. The third-order valence-electron chi connectivity index (χ3n) is 4.61. The second-order valence-corrected chi connectivity index (χ2v) is 6.44. The van der Waals surface area contributed by atoms with Crippen molar-refractivity contribution in [3.8, 4) is 5.75 Å². The van der Waals surface area contributed by atoms with Gasteiger partial charge in [-0.3, -0.25) is 9.78 Å². The van der Waals surface area contributed by atoms with Crippen LogP contribution in [0.3, 0.4) is 0 Å². The summed E-state index contributed by atoms with van der Waals surface area (Å²) in [4.78, 5) is 18.8. The SMILES string of the molecule is COc1cccc(CC(=O)N2CCC[C@@H](Cc3cccnc3)C2)c1. The molecule has 1 fully saturated rings. The Balaban J connectivity index is 1.58. The smallest absolute Gasteiger partial charge is 0.227 e. The molecule has 1 saturated heterocycles. The highest BCUT2D eigenvalue weighted by Crippen LogP contribution is 2.22. The lowest BCUT2D eigenvalue weighted by Gasteiger charge is -2.33. The largest absolute Gasteiger partial charge is 0.497 e. The lowest BCUT2D eigenvalue weighted by Crippen LogP contribution is -2.41. The normalized spacial score (nSPS) is 17.5. The Morgan fingerprint density at radius 3 is 2.96 bits per heavy atom. The average Bonchev–Trinajstić information content (AvgIpc) is 2.63. The van der Waals surface area contributed by atoms with E-state index in [1.54, 1.807) is 13.3 Å². The predicted octanol–water partition coefficient (Wildman–Crippen LogP) is 3.11. The van der Waals surface area contributed by atoms with E-state index < -0.39 is 0 Å². The molecule has 0 spiro atoms. The average molecular weight is 324 g/mol. The lowest BCUT2D eigenvalue weighted by atomic mass is 9.91. The number of pyridine rings is 1. The van der Waals surface area contributed by atoms with E-state index in [4.69, 9.17) is 4.74 Å². The molecule has 4 nitrogen and oxygen atoms in total. The molecule has 4 heteroatoms. The summed E-state index contributed by atoms with van der Waals surface area (Å²) < 4.78 is 5.23. The summed E-state index contributed by atoms with van der Waals surface area (Å²) in [5.74, 6) is 1.53. The maximum atomic E-state index is 12.6. The van der Waals surface area contributed by atoms with Crippen molar-refractivity contribution in [1.29, 1.82) is 0 Å². The Hall–Kier alpha value is -2.36. The fourth-order valence-electron chi connectivity index (χ4n) is 3.38. The monoisotopic (exact) mass is 324 g/mol. The highest BCUT2D eigenvalue weighted by molar-refractivity contribution is 5.79. The van der Waals surface area contributed by atoms with Crippen LogP contribution >= 0.6 is 0 Å². The van der Waals surface area contributed by atoms with Gasteiger partial charge < -0.3 is 9.64 Å². The number of carbonyl (C=O) groups is 1. The van der Waals surface area contributed by atoms with Gasteiger partial charge in [0, 0.05) is 25.5 Å². The number of piperidine rings is 1. The molecule has 3 rings (SSSR count). The summed E-state index contributed by atoms with van der Waals surface area (Å²) in [6.07, 6.45) is 7.42. The number of amides is 1. The number of aromatic nitrogens is 1. The van der Waals surface area contributed by atoms with Crippen molar-refractivity contribution in [2.75, 3.05) is 20.2 Å².